The number of likely N-dealkylation sites (N-methyl/N-ethyl adjacent to an activating group) is 1. The molecule has 0 bridgehead atoms. The van der Waals surface area contributed by atoms with Crippen LogP contribution in [0.3, 0.4) is 0 Å². The number of hydrogen-bond acceptors (Lipinski definition) is 3. The second-order valence-corrected chi connectivity index (χ2v) is 3.82. The molecule has 1 unspecified atom stereocenters. The van der Waals surface area contributed by atoms with Crippen molar-refractivity contribution in [3.05, 3.63) is 0 Å². The van der Waals surface area contributed by atoms with Crippen LogP contribution in [0.2, 0.25) is 0 Å². The number of nitrogens with zero attached hydrogens (tertiary/aromatic N) is 1. The van der Waals surface area contributed by atoms with Crippen LogP contribution in [-0.2, 0) is 4.79 Å². The van der Waals surface area contributed by atoms with Crippen molar-refractivity contribution >= 4 is 5.91 Å². The van der Waals surface area contributed by atoms with Gasteiger partial charge in [0.05, 0.1) is 18.0 Å². The minimum atomic E-state index is -0.580. The fraction of sp³-hybridized carbons (Fsp3) is 0.800. The van der Waals surface area contributed by atoms with Gasteiger partial charge in [-0.05, 0) is 27.3 Å². The molecule has 0 saturated carbocycles. The van der Waals surface area contributed by atoms with Crippen LogP contribution >= 0.6 is 0 Å². The van der Waals surface area contributed by atoms with Crippen LogP contribution in [-0.4, -0.2) is 24.5 Å². The first kappa shape index (κ1) is 12.9. The van der Waals surface area contributed by atoms with E-state index >= 15 is 0 Å². The molecule has 4 nitrogen and oxygen atoms in total. The summed E-state index contributed by atoms with van der Waals surface area (Å²) in [6.45, 7) is 5.57. The lowest BCUT2D eigenvalue weighted by Crippen LogP contribution is -2.53. The maximum atomic E-state index is 11.7. The van der Waals surface area contributed by atoms with E-state index < -0.39 is 5.54 Å². The second-order valence-electron chi connectivity index (χ2n) is 3.82. The lowest BCUT2D eigenvalue weighted by atomic mass is 10.0. The van der Waals surface area contributed by atoms with E-state index in [1.165, 1.54) is 0 Å². The Morgan fingerprint density at radius 1 is 1.57 bits per heavy atom. The van der Waals surface area contributed by atoms with E-state index in [2.05, 4.69) is 16.7 Å². The molecule has 0 aromatic carbocycles. The topological polar surface area (TPSA) is 64.9 Å². The Bertz CT molecular complexity index is 230. The van der Waals surface area contributed by atoms with Gasteiger partial charge in [0.2, 0.25) is 5.91 Å². The molecule has 0 aromatic rings. The van der Waals surface area contributed by atoms with Crippen molar-refractivity contribution in [1.29, 1.82) is 5.26 Å². The summed E-state index contributed by atoms with van der Waals surface area (Å²) in [6, 6.07) is 2.02. The van der Waals surface area contributed by atoms with Crippen LogP contribution in [0.25, 0.3) is 0 Å². The third kappa shape index (κ3) is 3.75. The zero-order valence-corrected chi connectivity index (χ0v) is 9.35. The van der Waals surface area contributed by atoms with Gasteiger partial charge in [-0.3, -0.25) is 4.79 Å². The Kier molecular flexibility index (Phi) is 5.18. The van der Waals surface area contributed by atoms with Crippen LogP contribution in [0.15, 0.2) is 0 Å². The fourth-order valence-electron chi connectivity index (χ4n) is 0.887. The van der Waals surface area contributed by atoms with Gasteiger partial charge < -0.3 is 10.6 Å². The average Bonchev–Trinajstić information content (AvgIpc) is 2.16. The standard InChI is InChI=1S/C10H19N3O/c1-5-8(6-7-11)13-9(14)10(2,3)12-4/h8,12H,5-6H2,1-4H3,(H,13,14). The molecule has 0 saturated heterocycles. The smallest absolute Gasteiger partial charge is 0.239 e. The summed E-state index contributed by atoms with van der Waals surface area (Å²) in [7, 11) is 1.74. The van der Waals surface area contributed by atoms with Crippen molar-refractivity contribution in [2.75, 3.05) is 7.05 Å². The van der Waals surface area contributed by atoms with E-state index in [1.807, 2.05) is 6.92 Å². The van der Waals surface area contributed by atoms with Crippen LogP contribution in [0.1, 0.15) is 33.6 Å². The highest BCUT2D eigenvalue weighted by molar-refractivity contribution is 5.85. The van der Waals surface area contributed by atoms with E-state index in [1.54, 1.807) is 20.9 Å². The first-order chi connectivity index (χ1) is 6.47. The molecule has 1 amide bonds. The summed E-state index contributed by atoms with van der Waals surface area (Å²) in [6.07, 6.45) is 1.14. The normalized spacial score (nSPS) is 13.1. The van der Waals surface area contributed by atoms with Crippen molar-refractivity contribution in [3.8, 4) is 6.07 Å². The second kappa shape index (κ2) is 5.61. The van der Waals surface area contributed by atoms with E-state index in [0.29, 0.717) is 6.42 Å². The Labute approximate surface area is 85.7 Å². The van der Waals surface area contributed by atoms with Gasteiger partial charge in [0.1, 0.15) is 0 Å². The molecule has 14 heavy (non-hydrogen) atoms. The largest absolute Gasteiger partial charge is 0.351 e. The Balaban J connectivity index is 4.23. The van der Waals surface area contributed by atoms with Crippen molar-refractivity contribution < 1.29 is 4.79 Å². The van der Waals surface area contributed by atoms with E-state index in [-0.39, 0.29) is 11.9 Å². The third-order valence-corrected chi connectivity index (χ3v) is 2.36. The van der Waals surface area contributed by atoms with Gasteiger partial charge in [0, 0.05) is 6.04 Å². The molecule has 0 rings (SSSR count). The van der Waals surface area contributed by atoms with Gasteiger partial charge in [-0.25, -0.2) is 0 Å². The van der Waals surface area contributed by atoms with Gasteiger partial charge in [-0.2, -0.15) is 5.26 Å². The third-order valence-electron chi connectivity index (χ3n) is 2.36. The average molecular weight is 197 g/mol. The lowest BCUT2D eigenvalue weighted by Gasteiger charge is -2.25. The van der Waals surface area contributed by atoms with Crippen molar-refractivity contribution in [2.45, 2.75) is 45.2 Å². The van der Waals surface area contributed by atoms with Crippen molar-refractivity contribution in [1.82, 2.24) is 10.6 Å². The van der Waals surface area contributed by atoms with Crippen molar-refractivity contribution in [2.24, 2.45) is 0 Å². The molecule has 0 aliphatic carbocycles. The number of nitriles is 1. The molecule has 80 valence electrons. The predicted octanol–water partition coefficient (Wildman–Crippen LogP) is 0.793. The molecule has 1 atom stereocenters. The summed E-state index contributed by atoms with van der Waals surface area (Å²) < 4.78 is 0. The van der Waals surface area contributed by atoms with E-state index in [9.17, 15) is 4.79 Å². The van der Waals surface area contributed by atoms with Gasteiger partial charge in [0.25, 0.3) is 0 Å². The van der Waals surface area contributed by atoms with E-state index in [0.717, 1.165) is 6.42 Å². The maximum absolute atomic E-state index is 11.7. The molecule has 0 aliphatic rings. The Hall–Kier alpha value is -1.08. The van der Waals surface area contributed by atoms with Gasteiger partial charge in [-0.1, -0.05) is 6.92 Å². The Morgan fingerprint density at radius 3 is 2.50 bits per heavy atom. The highest BCUT2D eigenvalue weighted by Crippen LogP contribution is 2.04. The number of amides is 1. The lowest BCUT2D eigenvalue weighted by molar-refractivity contribution is -0.127. The highest BCUT2D eigenvalue weighted by Gasteiger charge is 2.26. The Morgan fingerprint density at radius 2 is 2.14 bits per heavy atom. The number of hydrogen-bond donors (Lipinski definition) is 2. The highest BCUT2D eigenvalue weighted by atomic mass is 16.2. The zero-order chi connectivity index (χ0) is 11.2. The van der Waals surface area contributed by atoms with Crippen LogP contribution in [0.5, 0.6) is 0 Å². The summed E-state index contributed by atoms with van der Waals surface area (Å²) in [5, 5.41) is 14.3. The number of carbonyl (C=O) groups is 1. The minimum absolute atomic E-state index is 0.0416. The van der Waals surface area contributed by atoms with Gasteiger partial charge in [-0.15, -0.1) is 0 Å². The SMILES string of the molecule is CCC(CC#N)NC(=O)C(C)(C)NC. The molecule has 0 radical (unpaired) electrons. The molecular formula is C10H19N3O. The number of rotatable bonds is 5. The van der Waals surface area contributed by atoms with Crippen LogP contribution in [0.4, 0.5) is 0 Å². The molecule has 0 aromatic heterocycles. The van der Waals surface area contributed by atoms with Gasteiger partial charge in [0.15, 0.2) is 0 Å². The number of carbonyl (C=O) groups excluding carboxylic acids is 1. The summed E-state index contributed by atoms with van der Waals surface area (Å²) in [4.78, 5) is 11.7. The van der Waals surface area contributed by atoms with Crippen molar-refractivity contribution in [3.63, 3.8) is 0 Å². The van der Waals surface area contributed by atoms with Crippen LogP contribution < -0.4 is 10.6 Å². The molecular weight excluding hydrogens is 178 g/mol. The van der Waals surface area contributed by atoms with E-state index in [4.69, 9.17) is 5.26 Å². The summed E-state index contributed by atoms with van der Waals surface area (Å²) in [5.74, 6) is -0.0675. The summed E-state index contributed by atoms with van der Waals surface area (Å²) >= 11 is 0. The molecule has 2 N–H and O–H groups in total. The first-order valence-corrected chi connectivity index (χ1v) is 4.84. The molecule has 0 spiro atoms. The van der Waals surface area contributed by atoms with Gasteiger partial charge >= 0.3 is 0 Å². The minimum Gasteiger partial charge on any atom is -0.351 e. The maximum Gasteiger partial charge on any atom is 0.239 e. The molecule has 4 heteroatoms. The molecule has 0 fully saturated rings. The number of nitrogens with one attached hydrogen (secondary N) is 2. The summed E-state index contributed by atoms with van der Waals surface area (Å²) in [5.41, 5.74) is -0.580. The fourth-order valence-corrected chi connectivity index (χ4v) is 0.887. The predicted molar refractivity (Wildman–Crippen MR) is 55.6 cm³/mol. The van der Waals surface area contributed by atoms with Crippen LogP contribution in [0, 0.1) is 11.3 Å². The quantitative estimate of drug-likeness (QED) is 0.685. The molecule has 0 heterocycles. The molecule has 0 aliphatic heterocycles. The zero-order valence-electron chi connectivity index (χ0n) is 9.35. The monoisotopic (exact) mass is 197 g/mol. The first-order valence-electron chi connectivity index (χ1n) is 4.84.